The smallest absolute Gasteiger partial charge is 0.0932 e. The van der Waals surface area contributed by atoms with Crippen LogP contribution in [0.2, 0.25) is 0 Å². The molecule has 1 aliphatic rings. The molecule has 1 fully saturated rings. The number of aliphatic hydroxyl groups excluding tert-OH is 2. The first-order valence-electron chi connectivity index (χ1n) is 5.58. The van der Waals surface area contributed by atoms with Gasteiger partial charge in [-0.05, 0) is 6.92 Å². The first-order chi connectivity index (χ1) is 6.95. The summed E-state index contributed by atoms with van der Waals surface area (Å²) in [4.78, 5) is 2.25. The van der Waals surface area contributed by atoms with Gasteiger partial charge in [0.05, 0.1) is 25.4 Å². The van der Waals surface area contributed by atoms with E-state index in [1.807, 2.05) is 6.92 Å². The molecule has 1 heterocycles. The second kappa shape index (κ2) is 5.25. The summed E-state index contributed by atoms with van der Waals surface area (Å²) in [6, 6.07) is 0. The van der Waals surface area contributed by atoms with Gasteiger partial charge in [-0.25, -0.2) is 0 Å². The third-order valence-corrected chi connectivity index (χ3v) is 3.19. The van der Waals surface area contributed by atoms with Gasteiger partial charge in [-0.3, -0.25) is 4.90 Å². The largest absolute Gasteiger partial charge is 0.394 e. The fraction of sp³-hybridized carbons (Fsp3) is 1.00. The van der Waals surface area contributed by atoms with E-state index >= 15 is 0 Å². The summed E-state index contributed by atoms with van der Waals surface area (Å²) in [5.74, 6) is 0. The van der Waals surface area contributed by atoms with Gasteiger partial charge in [0.25, 0.3) is 0 Å². The van der Waals surface area contributed by atoms with Gasteiger partial charge in [0, 0.05) is 25.0 Å². The lowest BCUT2D eigenvalue weighted by Crippen LogP contribution is -2.49. The van der Waals surface area contributed by atoms with Crippen molar-refractivity contribution in [3.63, 3.8) is 0 Å². The highest BCUT2D eigenvalue weighted by atomic mass is 16.5. The van der Waals surface area contributed by atoms with Crippen LogP contribution in [0, 0.1) is 5.41 Å². The summed E-state index contributed by atoms with van der Waals surface area (Å²) in [7, 11) is 0. The number of hydrogen-bond acceptors (Lipinski definition) is 4. The molecule has 15 heavy (non-hydrogen) atoms. The van der Waals surface area contributed by atoms with E-state index < -0.39 is 0 Å². The Labute approximate surface area is 91.8 Å². The van der Waals surface area contributed by atoms with E-state index in [2.05, 4.69) is 18.7 Å². The number of nitrogens with zero attached hydrogens (tertiary/aromatic N) is 1. The number of hydrogen-bond donors (Lipinski definition) is 2. The van der Waals surface area contributed by atoms with Crippen LogP contribution in [-0.4, -0.2) is 60.2 Å². The molecule has 0 saturated carbocycles. The predicted molar refractivity (Wildman–Crippen MR) is 58.7 cm³/mol. The molecule has 0 bridgehead atoms. The standard InChI is InChI=1S/C11H23NO3/c1-9(14)11(2,3)8-12-4-5-15-10(6-12)7-13/h9-10,13-14H,4-8H2,1-3H3. The summed E-state index contributed by atoms with van der Waals surface area (Å²) < 4.78 is 5.38. The third-order valence-electron chi connectivity index (χ3n) is 3.19. The maximum atomic E-state index is 9.63. The Morgan fingerprint density at radius 1 is 1.53 bits per heavy atom. The minimum Gasteiger partial charge on any atom is -0.394 e. The minimum absolute atomic E-state index is 0.0662. The summed E-state index contributed by atoms with van der Waals surface area (Å²) in [5.41, 5.74) is -0.114. The van der Waals surface area contributed by atoms with Crippen LogP contribution >= 0.6 is 0 Å². The molecule has 0 spiro atoms. The van der Waals surface area contributed by atoms with Crippen LogP contribution < -0.4 is 0 Å². The average molecular weight is 217 g/mol. The molecule has 1 aliphatic heterocycles. The van der Waals surface area contributed by atoms with E-state index in [9.17, 15) is 5.11 Å². The monoisotopic (exact) mass is 217 g/mol. The lowest BCUT2D eigenvalue weighted by Gasteiger charge is -2.38. The number of rotatable bonds is 4. The molecule has 0 aliphatic carbocycles. The van der Waals surface area contributed by atoms with Crippen LogP contribution in [0.25, 0.3) is 0 Å². The van der Waals surface area contributed by atoms with E-state index in [1.165, 1.54) is 0 Å². The number of aliphatic hydroxyl groups is 2. The van der Waals surface area contributed by atoms with Gasteiger partial charge >= 0.3 is 0 Å². The first-order valence-corrected chi connectivity index (χ1v) is 5.58. The van der Waals surface area contributed by atoms with Crippen molar-refractivity contribution in [3.8, 4) is 0 Å². The summed E-state index contributed by atoms with van der Waals surface area (Å²) in [5, 5.41) is 18.6. The maximum absolute atomic E-state index is 9.63. The molecule has 2 unspecified atom stereocenters. The fourth-order valence-corrected chi connectivity index (χ4v) is 1.74. The molecule has 4 heteroatoms. The topological polar surface area (TPSA) is 52.9 Å². The molecule has 4 nitrogen and oxygen atoms in total. The van der Waals surface area contributed by atoms with E-state index in [4.69, 9.17) is 9.84 Å². The quantitative estimate of drug-likeness (QED) is 0.700. The van der Waals surface area contributed by atoms with Crippen LogP contribution in [0.15, 0.2) is 0 Å². The highest BCUT2D eigenvalue weighted by molar-refractivity contribution is 4.81. The zero-order valence-corrected chi connectivity index (χ0v) is 9.94. The van der Waals surface area contributed by atoms with Gasteiger partial charge in [0.2, 0.25) is 0 Å². The summed E-state index contributed by atoms with van der Waals surface area (Å²) in [6.45, 7) is 9.16. The minimum atomic E-state index is -0.326. The van der Waals surface area contributed by atoms with Crippen molar-refractivity contribution in [2.45, 2.75) is 33.0 Å². The summed E-state index contributed by atoms with van der Waals surface area (Å²) >= 11 is 0. The van der Waals surface area contributed by atoms with E-state index in [0.717, 1.165) is 19.6 Å². The lowest BCUT2D eigenvalue weighted by molar-refractivity contribution is -0.0698. The summed E-state index contributed by atoms with van der Waals surface area (Å²) in [6.07, 6.45) is -0.392. The normalized spacial score (nSPS) is 26.6. The van der Waals surface area contributed by atoms with Crippen molar-refractivity contribution in [3.05, 3.63) is 0 Å². The Hall–Kier alpha value is -0.160. The predicted octanol–water partition coefficient (Wildman–Crippen LogP) is 0.0865. The molecular formula is C11H23NO3. The van der Waals surface area contributed by atoms with Crippen LogP contribution in [0.4, 0.5) is 0 Å². The Kier molecular flexibility index (Phi) is 4.52. The van der Waals surface area contributed by atoms with Gasteiger partial charge in [0.1, 0.15) is 0 Å². The highest BCUT2D eigenvalue weighted by Crippen LogP contribution is 2.22. The van der Waals surface area contributed by atoms with Gasteiger partial charge in [-0.15, -0.1) is 0 Å². The van der Waals surface area contributed by atoms with Crippen molar-refractivity contribution < 1.29 is 14.9 Å². The van der Waals surface area contributed by atoms with Crippen LogP contribution in [-0.2, 0) is 4.74 Å². The van der Waals surface area contributed by atoms with E-state index in [-0.39, 0.29) is 24.2 Å². The SMILES string of the molecule is CC(O)C(C)(C)CN1CCOC(CO)C1. The molecule has 1 rings (SSSR count). The van der Waals surface area contributed by atoms with Gasteiger partial charge in [0.15, 0.2) is 0 Å². The Morgan fingerprint density at radius 3 is 2.73 bits per heavy atom. The molecular weight excluding hydrogens is 194 g/mol. The van der Waals surface area contributed by atoms with Crippen molar-refractivity contribution >= 4 is 0 Å². The van der Waals surface area contributed by atoms with Crippen molar-refractivity contribution in [1.29, 1.82) is 0 Å². The molecule has 0 amide bonds. The van der Waals surface area contributed by atoms with E-state index in [0.29, 0.717) is 6.61 Å². The molecule has 0 aromatic heterocycles. The molecule has 2 N–H and O–H groups in total. The molecule has 0 radical (unpaired) electrons. The van der Waals surface area contributed by atoms with Gasteiger partial charge < -0.3 is 14.9 Å². The zero-order chi connectivity index (χ0) is 11.5. The average Bonchev–Trinajstić information content (AvgIpc) is 2.17. The molecule has 1 saturated heterocycles. The lowest BCUT2D eigenvalue weighted by atomic mass is 9.86. The third kappa shape index (κ3) is 3.72. The molecule has 0 aromatic rings. The Bertz CT molecular complexity index is 194. The maximum Gasteiger partial charge on any atom is 0.0932 e. The first kappa shape index (κ1) is 12.9. The van der Waals surface area contributed by atoms with Crippen molar-refractivity contribution in [1.82, 2.24) is 4.90 Å². The Morgan fingerprint density at radius 2 is 2.20 bits per heavy atom. The van der Waals surface area contributed by atoms with Crippen molar-refractivity contribution in [2.24, 2.45) is 5.41 Å². The number of ether oxygens (including phenoxy) is 1. The Balaban J connectivity index is 2.44. The van der Waals surface area contributed by atoms with Crippen LogP contribution in [0.3, 0.4) is 0 Å². The molecule has 0 aromatic carbocycles. The molecule has 90 valence electrons. The van der Waals surface area contributed by atoms with Crippen LogP contribution in [0.5, 0.6) is 0 Å². The fourth-order valence-electron chi connectivity index (χ4n) is 1.74. The van der Waals surface area contributed by atoms with Crippen LogP contribution in [0.1, 0.15) is 20.8 Å². The van der Waals surface area contributed by atoms with Crippen molar-refractivity contribution in [2.75, 3.05) is 32.8 Å². The second-order valence-corrected chi connectivity index (χ2v) is 5.08. The van der Waals surface area contributed by atoms with Gasteiger partial charge in [-0.1, -0.05) is 13.8 Å². The van der Waals surface area contributed by atoms with Gasteiger partial charge in [-0.2, -0.15) is 0 Å². The second-order valence-electron chi connectivity index (χ2n) is 5.08. The zero-order valence-electron chi connectivity index (χ0n) is 9.94. The number of morpholine rings is 1. The highest BCUT2D eigenvalue weighted by Gasteiger charge is 2.29. The molecule has 2 atom stereocenters. The van der Waals surface area contributed by atoms with E-state index in [1.54, 1.807) is 0 Å².